The van der Waals surface area contributed by atoms with Crippen LogP contribution in [0.4, 0.5) is 4.79 Å². The van der Waals surface area contributed by atoms with E-state index in [1.165, 1.54) is 20.9 Å². The third-order valence-corrected chi connectivity index (χ3v) is 2.11. The number of carbonyl (C=O) groups excluding carboxylic acids is 1. The van der Waals surface area contributed by atoms with Crippen LogP contribution in [0.5, 0.6) is 0 Å². The van der Waals surface area contributed by atoms with Gasteiger partial charge in [-0.3, -0.25) is 0 Å². The number of carbonyl (C=O) groups is 2. The Morgan fingerprint density at radius 1 is 1.50 bits per heavy atom. The number of carboxylic acid groups (broad SMARTS) is 1. The van der Waals surface area contributed by atoms with E-state index in [-0.39, 0.29) is 4.97 Å². The van der Waals surface area contributed by atoms with Crippen molar-refractivity contribution in [3.05, 3.63) is 5.21 Å². The normalized spacial score (nSPS) is 11.7. The number of methoxy groups -OCH3 is 1. The number of likely N-dealkylation sites (N-methyl/N-ethyl adjacent to an activating group) is 1. The SMILES string of the molecule is COC(=O)OCON=[N+]([O-])N(C)C(C)(C)C(=O)O. The van der Waals surface area contributed by atoms with Crippen LogP contribution in [0.2, 0.25) is 0 Å². The molecule has 0 amide bonds. The summed E-state index contributed by atoms with van der Waals surface area (Å²) in [6.45, 7) is 1.98. The lowest BCUT2D eigenvalue weighted by Gasteiger charge is -2.26. The van der Waals surface area contributed by atoms with E-state index in [9.17, 15) is 14.8 Å². The monoisotopic (exact) mass is 265 g/mol. The van der Waals surface area contributed by atoms with Crippen LogP contribution in [0.15, 0.2) is 5.28 Å². The first-order valence-corrected chi connectivity index (χ1v) is 4.71. The van der Waals surface area contributed by atoms with E-state index in [1.54, 1.807) is 0 Å². The fraction of sp³-hybridized carbons (Fsp3) is 0.750. The van der Waals surface area contributed by atoms with Gasteiger partial charge in [0, 0.05) is 0 Å². The second-order valence-corrected chi connectivity index (χ2v) is 3.57. The molecule has 0 aromatic rings. The minimum Gasteiger partial charge on any atom is -0.569 e. The molecule has 0 aromatic heterocycles. The largest absolute Gasteiger partial charge is 0.569 e. The first-order valence-electron chi connectivity index (χ1n) is 4.71. The van der Waals surface area contributed by atoms with Crippen LogP contribution in [0, 0.1) is 5.21 Å². The molecule has 0 aliphatic rings. The molecular formula is C8H15N3O7. The van der Waals surface area contributed by atoms with Crippen molar-refractivity contribution in [2.24, 2.45) is 5.28 Å². The molecule has 0 heterocycles. The molecule has 1 N–H and O–H groups in total. The maximum atomic E-state index is 11.3. The summed E-state index contributed by atoms with van der Waals surface area (Å²) >= 11 is 0. The standard InChI is InChI=1S/C8H15N3O7/c1-8(2,6(12)13)10(3)11(15)9-18-5-17-7(14)16-4/h5H2,1-4H3,(H,12,13). The van der Waals surface area contributed by atoms with Crippen LogP contribution in [0.1, 0.15) is 13.8 Å². The molecular weight excluding hydrogens is 250 g/mol. The Hall–Kier alpha value is -2.26. The van der Waals surface area contributed by atoms with Crippen molar-refractivity contribution in [2.45, 2.75) is 19.4 Å². The van der Waals surface area contributed by atoms with Crippen LogP contribution in [-0.4, -0.2) is 53.7 Å². The first kappa shape index (κ1) is 15.7. The predicted molar refractivity (Wildman–Crippen MR) is 55.0 cm³/mol. The summed E-state index contributed by atoms with van der Waals surface area (Å²) in [5.41, 5.74) is -1.47. The summed E-state index contributed by atoms with van der Waals surface area (Å²) < 4.78 is 8.40. The molecule has 10 heteroatoms. The van der Waals surface area contributed by atoms with Gasteiger partial charge in [-0.25, -0.2) is 9.59 Å². The molecule has 0 spiro atoms. The summed E-state index contributed by atoms with van der Waals surface area (Å²) in [5, 5.41) is 24.0. The summed E-state index contributed by atoms with van der Waals surface area (Å²) in [6, 6.07) is 0. The number of nitrogens with zero attached hydrogens (tertiary/aromatic N) is 3. The van der Waals surface area contributed by atoms with E-state index in [0.717, 1.165) is 12.1 Å². The molecule has 0 fully saturated rings. The van der Waals surface area contributed by atoms with Gasteiger partial charge in [-0.2, -0.15) is 0 Å². The molecule has 0 aromatic carbocycles. The summed E-state index contributed by atoms with van der Waals surface area (Å²) in [5.74, 6) is -1.22. The average molecular weight is 265 g/mol. The van der Waals surface area contributed by atoms with Gasteiger partial charge in [0.25, 0.3) is 6.79 Å². The van der Waals surface area contributed by atoms with Gasteiger partial charge < -0.3 is 24.6 Å². The summed E-state index contributed by atoms with van der Waals surface area (Å²) in [7, 11) is 2.32. The van der Waals surface area contributed by atoms with Gasteiger partial charge in [0.2, 0.25) is 5.28 Å². The fourth-order valence-electron chi connectivity index (χ4n) is 0.613. The van der Waals surface area contributed by atoms with Gasteiger partial charge in [0.05, 0.1) is 19.1 Å². The quantitative estimate of drug-likeness (QED) is 0.182. The third kappa shape index (κ3) is 4.31. The van der Waals surface area contributed by atoms with E-state index in [4.69, 9.17) is 5.11 Å². The second-order valence-electron chi connectivity index (χ2n) is 3.57. The zero-order chi connectivity index (χ0) is 14.3. The number of hydrogen-bond donors (Lipinski definition) is 1. The van der Waals surface area contributed by atoms with E-state index >= 15 is 0 Å². The highest BCUT2D eigenvalue weighted by molar-refractivity contribution is 5.77. The number of carboxylic acids is 1. The van der Waals surface area contributed by atoms with E-state index in [2.05, 4.69) is 19.6 Å². The molecule has 0 aliphatic carbocycles. The maximum absolute atomic E-state index is 11.3. The Morgan fingerprint density at radius 3 is 2.50 bits per heavy atom. The Morgan fingerprint density at radius 2 is 2.06 bits per heavy atom. The molecule has 10 nitrogen and oxygen atoms in total. The van der Waals surface area contributed by atoms with Crippen molar-refractivity contribution in [1.82, 2.24) is 5.01 Å². The van der Waals surface area contributed by atoms with Crippen LogP contribution in [0.25, 0.3) is 0 Å². The van der Waals surface area contributed by atoms with Crippen LogP contribution in [0.3, 0.4) is 0 Å². The molecule has 0 saturated heterocycles. The van der Waals surface area contributed by atoms with Crippen molar-refractivity contribution in [3.8, 4) is 0 Å². The lowest BCUT2D eigenvalue weighted by molar-refractivity contribution is -0.718. The first-order chi connectivity index (χ1) is 8.23. The minimum atomic E-state index is -1.47. The van der Waals surface area contributed by atoms with E-state index in [1.807, 2.05) is 0 Å². The molecule has 18 heavy (non-hydrogen) atoms. The maximum Gasteiger partial charge on any atom is 0.510 e. The van der Waals surface area contributed by atoms with Gasteiger partial charge in [-0.15, -0.1) is 5.01 Å². The highest BCUT2D eigenvalue weighted by Gasteiger charge is 2.38. The van der Waals surface area contributed by atoms with Crippen molar-refractivity contribution < 1.29 is 34.0 Å². The molecule has 0 unspecified atom stereocenters. The van der Waals surface area contributed by atoms with Gasteiger partial charge in [-0.05, 0) is 13.8 Å². The average Bonchev–Trinajstić information content (AvgIpc) is 2.32. The van der Waals surface area contributed by atoms with Gasteiger partial charge >= 0.3 is 12.1 Å². The minimum absolute atomic E-state index is 0.0746. The lowest BCUT2D eigenvalue weighted by atomic mass is 10.1. The highest BCUT2D eigenvalue weighted by Crippen LogP contribution is 2.12. The predicted octanol–water partition coefficient (Wildman–Crippen LogP) is 0.331. The molecule has 104 valence electrons. The molecule has 0 aliphatic heterocycles. The number of rotatable bonds is 6. The van der Waals surface area contributed by atoms with E-state index < -0.39 is 24.5 Å². The summed E-state index contributed by atoms with van der Waals surface area (Å²) in [6.07, 6.45) is -0.998. The molecule has 0 radical (unpaired) electrons. The van der Waals surface area contributed by atoms with Gasteiger partial charge in [0.1, 0.15) is 0 Å². The Balaban J connectivity index is 4.34. The van der Waals surface area contributed by atoms with Gasteiger partial charge in [-0.1, -0.05) is 0 Å². The topological polar surface area (TPSA) is 124 Å². The number of hydrogen-bond acceptors (Lipinski definition) is 7. The highest BCUT2D eigenvalue weighted by atomic mass is 16.8. The number of aliphatic carboxylic acids is 1. The molecule has 0 bridgehead atoms. The third-order valence-electron chi connectivity index (χ3n) is 2.11. The van der Waals surface area contributed by atoms with Crippen LogP contribution >= 0.6 is 0 Å². The van der Waals surface area contributed by atoms with Crippen LogP contribution < -0.4 is 0 Å². The van der Waals surface area contributed by atoms with Crippen molar-refractivity contribution in [3.63, 3.8) is 0 Å². The number of hydrazine groups is 1. The smallest absolute Gasteiger partial charge is 0.510 e. The zero-order valence-corrected chi connectivity index (χ0v) is 10.4. The van der Waals surface area contributed by atoms with Gasteiger partial charge in [0.15, 0.2) is 5.54 Å². The Labute approximate surface area is 103 Å². The van der Waals surface area contributed by atoms with E-state index in [0.29, 0.717) is 0 Å². The van der Waals surface area contributed by atoms with Crippen molar-refractivity contribution in [2.75, 3.05) is 21.0 Å². The molecule has 0 saturated carbocycles. The Bertz CT molecular complexity index is 342. The fourth-order valence-corrected chi connectivity index (χ4v) is 0.613. The Kier molecular flexibility index (Phi) is 5.66. The second kappa shape index (κ2) is 6.47. The van der Waals surface area contributed by atoms with Crippen molar-refractivity contribution in [1.29, 1.82) is 0 Å². The van der Waals surface area contributed by atoms with Crippen LogP contribution in [-0.2, 0) is 19.1 Å². The summed E-state index contributed by atoms with van der Waals surface area (Å²) in [4.78, 5) is 25.6. The molecule has 0 rings (SSSR count). The molecule has 0 atom stereocenters. The number of ether oxygens (including phenoxy) is 2. The lowest BCUT2D eigenvalue weighted by Crippen LogP contribution is -2.50. The van der Waals surface area contributed by atoms with Crippen molar-refractivity contribution >= 4 is 12.1 Å². The zero-order valence-electron chi connectivity index (χ0n) is 10.4.